The topological polar surface area (TPSA) is 98.1 Å². The van der Waals surface area contributed by atoms with Crippen LogP contribution in [0.25, 0.3) is 33.3 Å². The first-order chi connectivity index (χ1) is 15.2. The van der Waals surface area contributed by atoms with Gasteiger partial charge in [0.25, 0.3) is 5.56 Å². The lowest BCUT2D eigenvalue weighted by molar-refractivity contribution is 0.122. The number of anilines is 2. The second-order valence-corrected chi connectivity index (χ2v) is 7.67. The molecule has 0 amide bonds. The van der Waals surface area contributed by atoms with Crippen LogP contribution in [0.4, 0.5) is 11.4 Å². The van der Waals surface area contributed by atoms with Crippen molar-refractivity contribution in [3.8, 4) is 11.4 Å². The van der Waals surface area contributed by atoms with Crippen molar-refractivity contribution in [1.29, 1.82) is 0 Å². The normalized spacial score (nSPS) is 14.4. The molecule has 160 valence electrons. The number of H-pyrrole nitrogens is 2. The number of ether oxygens (including phenoxy) is 1. The number of morpholine rings is 1. The van der Waals surface area contributed by atoms with Crippen LogP contribution in [-0.4, -0.2) is 61.4 Å². The number of hydrogen-bond acceptors (Lipinski definition) is 6. The number of aromatic nitrogens is 3. The van der Waals surface area contributed by atoms with Crippen LogP contribution < -0.4 is 21.1 Å². The van der Waals surface area contributed by atoms with E-state index in [-0.39, 0.29) is 5.56 Å². The van der Waals surface area contributed by atoms with Gasteiger partial charge in [0.15, 0.2) is 0 Å². The third kappa shape index (κ3) is 3.75. The van der Waals surface area contributed by atoms with Gasteiger partial charge in [-0.05, 0) is 31.3 Å². The van der Waals surface area contributed by atoms with Crippen LogP contribution in [0.1, 0.15) is 0 Å². The standard InChI is InChI=1S/C23H26N6O2/c1-24-8-9-25-21-16-4-2-3-5-17(16)28-23(30)20(21)22-26-18-7-6-15(14-19(18)27-22)29-10-12-31-13-11-29/h2-7,14,24H,8-13H2,1H3,(H,26,27)(H2,25,28,30). The van der Waals surface area contributed by atoms with E-state index in [1.807, 2.05) is 37.4 Å². The molecule has 5 rings (SSSR count). The summed E-state index contributed by atoms with van der Waals surface area (Å²) < 4.78 is 5.46. The van der Waals surface area contributed by atoms with E-state index in [0.717, 1.165) is 66.2 Å². The van der Waals surface area contributed by atoms with Gasteiger partial charge in [0.2, 0.25) is 0 Å². The van der Waals surface area contributed by atoms with Crippen LogP contribution in [0.15, 0.2) is 47.3 Å². The van der Waals surface area contributed by atoms with Crippen molar-refractivity contribution in [2.45, 2.75) is 0 Å². The molecule has 8 nitrogen and oxygen atoms in total. The highest BCUT2D eigenvalue weighted by molar-refractivity contribution is 5.99. The molecular weight excluding hydrogens is 392 g/mol. The molecule has 3 heterocycles. The molecule has 4 aromatic rings. The first-order valence-electron chi connectivity index (χ1n) is 10.6. The summed E-state index contributed by atoms with van der Waals surface area (Å²) in [7, 11) is 1.91. The van der Waals surface area contributed by atoms with Crippen LogP contribution in [0.2, 0.25) is 0 Å². The largest absolute Gasteiger partial charge is 0.382 e. The van der Waals surface area contributed by atoms with Gasteiger partial charge < -0.3 is 30.2 Å². The molecule has 1 aliphatic rings. The second-order valence-electron chi connectivity index (χ2n) is 7.67. The number of aromatic amines is 2. The number of rotatable bonds is 6. The fourth-order valence-corrected chi connectivity index (χ4v) is 4.10. The second kappa shape index (κ2) is 8.41. The fourth-order valence-electron chi connectivity index (χ4n) is 4.10. The molecule has 2 aromatic heterocycles. The Bertz CT molecular complexity index is 1270. The van der Waals surface area contributed by atoms with Crippen molar-refractivity contribution in [3.05, 3.63) is 52.8 Å². The molecule has 1 aliphatic heterocycles. The van der Waals surface area contributed by atoms with Gasteiger partial charge >= 0.3 is 0 Å². The van der Waals surface area contributed by atoms with Crippen molar-refractivity contribution >= 4 is 33.3 Å². The third-order valence-corrected chi connectivity index (χ3v) is 5.68. The van der Waals surface area contributed by atoms with Crippen LogP contribution in [0.5, 0.6) is 0 Å². The number of fused-ring (bicyclic) bond motifs is 2. The van der Waals surface area contributed by atoms with E-state index >= 15 is 0 Å². The number of pyridine rings is 1. The van der Waals surface area contributed by atoms with Gasteiger partial charge in [0, 0.05) is 37.3 Å². The number of imidazole rings is 1. The van der Waals surface area contributed by atoms with Crippen molar-refractivity contribution in [2.75, 3.05) is 56.7 Å². The lowest BCUT2D eigenvalue weighted by atomic mass is 10.1. The smallest absolute Gasteiger partial charge is 0.261 e. The number of hydrogen-bond donors (Lipinski definition) is 4. The zero-order valence-corrected chi connectivity index (χ0v) is 17.5. The summed E-state index contributed by atoms with van der Waals surface area (Å²) in [6.45, 7) is 4.68. The molecule has 0 bridgehead atoms. The highest BCUT2D eigenvalue weighted by atomic mass is 16.5. The maximum atomic E-state index is 13.1. The number of nitrogens with one attached hydrogen (secondary N) is 4. The zero-order valence-electron chi connectivity index (χ0n) is 17.5. The van der Waals surface area contributed by atoms with Gasteiger partial charge in [-0.2, -0.15) is 0 Å². The molecule has 8 heteroatoms. The summed E-state index contributed by atoms with van der Waals surface area (Å²) in [6, 6.07) is 14.0. The monoisotopic (exact) mass is 418 g/mol. The Kier molecular flexibility index (Phi) is 5.31. The highest BCUT2D eigenvalue weighted by Crippen LogP contribution is 2.31. The average Bonchev–Trinajstić information content (AvgIpc) is 3.22. The Balaban J connectivity index is 1.61. The minimum absolute atomic E-state index is 0.168. The van der Waals surface area contributed by atoms with Crippen LogP contribution in [-0.2, 0) is 4.74 Å². The maximum Gasteiger partial charge on any atom is 0.261 e. The van der Waals surface area contributed by atoms with E-state index in [1.165, 1.54) is 0 Å². The molecule has 1 fully saturated rings. The highest BCUT2D eigenvalue weighted by Gasteiger charge is 2.19. The number of benzene rings is 2. The quantitative estimate of drug-likeness (QED) is 0.359. The van der Waals surface area contributed by atoms with Gasteiger partial charge in [-0.15, -0.1) is 0 Å². The van der Waals surface area contributed by atoms with Crippen LogP contribution in [0, 0.1) is 0 Å². The molecule has 0 radical (unpaired) electrons. The minimum Gasteiger partial charge on any atom is -0.382 e. The predicted octanol–water partition coefficient (Wildman–Crippen LogP) is 2.54. The summed E-state index contributed by atoms with van der Waals surface area (Å²) in [5, 5.41) is 7.53. The molecule has 0 aliphatic carbocycles. The fraction of sp³-hybridized carbons (Fsp3) is 0.304. The Labute approximate surface area is 179 Å². The van der Waals surface area contributed by atoms with Crippen molar-refractivity contribution in [3.63, 3.8) is 0 Å². The zero-order chi connectivity index (χ0) is 21.2. The Morgan fingerprint density at radius 3 is 2.74 bits per heavy atom. The van der Waals surface area contributed by atoms with Gasteiger partial charge in [-0.25, -0.2) is 4.98 Å². The van der Waals surface area contributed by atoms with Gasteiger partial charge in [-0.3, -0.25) is 4.79 Å². The molecular formula is C23H26N6O2. The summed E-state index contributed by atoms with van der Waals surface area (Å²) in [6.07, 6.45) is 0. The molecule has 0 atom stereocenters. The van der Waals surface area contributed by atoms with Crippen molar-refractivity contribution < 1.29 is 4.74 Å². The average molecular weight is 419 g/mol. The van der Waals surface area contributed by atoms with Gasteiger partial charge in [0.1, 0.15) is 11.4 Å². The lowest BCUT2D eigenvalue weighted by Crippen LogP contribution is -2.36. The SMILES string of the molecule is CNCCNc1c(-c2nc3cc(N4CCOCC4)ccc3[nH]2)c(=O)[nH]c2ccccc12. The van der Waals surface area contributed by atoms with Crippen LogP contribution >= 0.6 is 0 Å². The maximum absolute atomic E-state index is 13.1. The first-order valence-corrected chi connectivity index (χ1v) is 10.6. The Morgan fingerprint density at radius 1 is 1.06 bits per heavy atom. The van der Waals surface area contributed by atoms with E-state index < -0.39 is 0 Å². The van der Waals surface area contributed by atoms with Gasteiger partial charge in [-0.1, -0.05) is 18.2 Å². The molecule has 0 saturated carbocycles. The first kappa shape index (κ1) is 19.6. The van der Waals surface area contributed by atoms with E-state index in [4.69, 9.17) is 9.72 Å². The van der Waals surface area contributed by atoms with E-state index in [2.05, 4.69) is 37.6 Å². The summed E-state index contributed by atoms with van der Waals surface area (Å²) >= 11 is 0. The Morgan fingerprint density at radius 2 is 1.90 bits per heavy atom. The minimum atomic E-state index is -0.168. The lowest BCUT2D eigenvalue weighted by Gasteiger charge is -2.28. The van der Waals surface area contributed by atoms with E-state index in [9.17, 15) is 4.79 Å². The molecule has 0 spiro atoms. The number of para-hydroxylation sites is 1. The summed E-state index contributed by atoms with van der Waals surface area (Å²) in [5.41, 5.74) is 4.81. The molecule has 1 saturated heterocycles. The van der Waals surface area contributed by atoms with E-state index in [1.54, 1.807) is 0 Å². The number of nitrogens with zero attached hydrogens (tertiary/aromatic N) is 2. The molecule has 31 heavy (non-hydrogen) atoms. The predicted molar refractivity (Wildman–Crippen MR) is 125 cm³/mol. The van der Waals surface area contributed by atoms with Crippen molar-refractivity contribution in [1.82, 2.24) is 20.3 Å². The van der Waals surface area contributed by atoms with Crippen LogP contribution in [0.3, 0.4) is 0 Å². The van der Waals surface area contributed by atoms with Gasteiger partial charge in [0.05, 0.1) is 35.5 Å². The molecule has 0 unspecified atom stereocenters. The third-order valence-electron chi connectivity index (χ3n) is 5.68. The Hall–Kier alpha value is -3.36. The number of likely N-dealkylation sites (N-methyl/N-ethyl adjacent to an activating group) is 1. The summed E-state index contributed by atoms with van der Waals surface area (Å²) in [4.78, 5) is 26.5. The summed E-state index contributed by atoms with van der Waals surface area (Å²) in [5.74, 6) is 0.563. The molecule has 2 aromatic carbocycles. The van der Waals surface area contributed by atoms with E-state index in [0.29, 0.717) is 17.9 Å². The molecule has 4 N–H and O–H groups in total. The van der Waals surface area contributed by atoms with Crippen molar-refractivity contribution in [2.24, 2.45) is 0 Å².